The van der Waals surface area contributed by atoms with Crippen molar-refractivity contribution in [2.24, 2.45) is 11.8 Å². The summed E-state index contributed by atoms with van der Waals surface area (Å²) < 4.78 is 0. The van der Waals surface area contributed by atoms with Crippen LogP contribution < -0.4 is 0 Å². The van der Waals surface area contributed by atoms with Crippen LogP contribution in [0.25, 0.3) is 10.8 Å². The van der Waals surface area contributed by atoms with Gasteiger partial charge in [-0.2, -0.15) is 0 Å². The summed E-state index contributed by atoms with van der Waals surface area (Å²) in [5, 5.41) is 2.46. The number of rotatable bonds is 0. The molecule has 19 heavy (non-hydrogen) atoms. The van der Waals surface area contributed by atoms with E-state index in [1.165, 1.54) is 35.6 Å². The minimum Gasteiger partial charge on any atom is -0.294 e. The number of ketones is 1. The first-order chi connectivity index (χ1) is 9.33. The minimum absolute atomic E-state index is 0.308. The Balaban J connectivity index is 1.88. The molecule has 96 valence electrons. The number of benzene rings is 2. The average molecular weight is 250 g/mol. The van der Waals surface area contributed by atoms with Gasteiger partial charge in [0.1, 0.15) is 0 Å². The van der Waals surface area contributed by atoms with Crippen LogP contribution in [0.3, 0.4) is 0 Å². The van der Waals surface area contributed by atoms with Crippen LogP contribution in [0.15, 0.2) is 36.4 Å². The number of hydrogen-bond acceptors (Lipinski definition) is 1. The molecule has 0 heterocycles. The van der Waals surface area contributed by atoms with Gasteiger partial charge in [0.15, 0.2) is 5.78 Å². The third kappa shape index (κ3) is 1.72. The molecule has 0 aromatic heterocycles. The Bertz CT molecular complexity index is 656. The van der Waals surface area contributed by atoms with E-state index in [2.05, 4.69) is 30.3 Å². The van der Waals surface area contributed by atoms with Crippen LogP contribution in [0.5, 0.6) is 0 Å². The predicted octanol–water partition coefficient (Wildman–Crippen LogP) is 4.39. The van der Waals surface area contributed by atoms with Gasteiger partial charge in [-0.05, 0) is 47.6 Å². The summed E-state index contributed by atoms with van der Waals surface area (Å²) in [6, 6.07) is 12.7. The van der Waals surface area contributed by atoms with Crippen LogP contribution in [0.1, 0.15) is 41.6 Å². The summed E-state index contributed by atoms with van der Waals surface area (Å²) in [5.74, 6) is 1.33. The molecule has 2 atom stereocenters. The molecular formula is C18H18O. The number of carbonyl (C=O) groups is 1. The lowest BCUT2D eigenvalue weighted by Gasteiger charge is -2.35. The zero-order chi connectivity index (χ0) is 12.8. The standard InChI is InChI=1S/C18H18O/c19-18-16-8-4-3-7-14(16)10-15-9-12-5-1-2-6-13(12)11-17(15)18/h1-2,5-6,9,11,14,16H,3-4,7-8,10H2. The Morgan fingerprint density at radius 1 is 0.947 bits per heavy atom. The second kappa shape index (κ2) is 4.19. The van der Waals surface area contributed by atoms with Crippen molar-refractivity contribution in [1.29, 1.82) is 0 Å². The molecule has 0 N–H and O–H groups in total. The average Bonchev–Trinajstić information content (AvgIpc) is 2.46. The van der Waals surface area contributed by atoms with Crippen LogP contribution in [0.2, 0.25) is 0 Å². The van der Waals surface area contributed by atoms with E-state index >= 15 is 0 Å². The van der Waals surface area contributed by atoms with Gasteiger partial charge in [0.2, 0.25) is 0 Å². The van der Waals surface area contributed by atoms with Crippen molar-refractivity contribution in [3.63, 3.8) is 0 Å². The molecule has 2 aliphatic carbocycles. The van der Waals surface area contributed by atoms with Gasteiger partial charge < -0.3 is 0 Å². The van der Waals surface area contributed by atoms with Gasteiger partial charge >= 0.3 is 0 Å². The van der Waals surface area contributed by atoms with Gasteiger partial charge in [-0.25, -0.2) is 0 Å². The highest BCUT2D eigenvalue weighted by Crippen LogP contribution is 2.40. The summed E-state index contributed by atoms with van der Waals surface area (Å²) in [4.78, 5) is 12.7. The number of carbonyl (C=O) groups excluding carboxylic acids is 1. The van der Waals surface area contributed by atoms with Crippen molar-refractivity contribution < 1.29 is 4.79 Å². The minimum atomic E-state index is 0.308. The molecule has 0 radical (unpaired) electrons. The van der Waals surface area contributed by atoms with E-state index in [0.717, 1.165) is 18.4 Å². The zero-order valence-corrected chi connectivity index (χ0v) is 11.1. The molecule has 1 saturated carbocycles. The summed E-state index contributed by atoms with van der Waals surface area (Å²) in [7, 11) is 0. The Labute approximate surface area is 113 Å². The van der Waals surface area contributed by atoms with E-state index in [-0.39, 0.29) is 0 Å². The molecule has 0 amide bonds. The molecule has 2 aliphatic rings. The smallest absolute Gasteiger partial charge is 0.166 e. The lowest BCUT2D eigenvalue weighted by atomic mass is 9.68. The topological polar surface area (TPSA) is 17.1 Å². The number of hydrogen-bond donors (Lipinski definition) is 0. The van der Waals surface area contributed by atoms with Gasteiger partial charge in [-0.1, -0.05) is 43.2 Å². The third-order valence-electron chi connectivity index (χ3n) is 4.96. The fraction of sp³-hybridized carbons (Fsp3) is 0.389. The first-order valence-corrected chi connectivity index (χ1v) is 7.39. The molecule has 4 rings (SSSR count). The van der Waals surface area contributed by atoms with Crippen molar-refractivity contribution in [2.75, 3.05) is 0 Å². The van der Waals surface area contributed by atoms with E-state index in [9.17, 15) is 4.79 Å². The third-order valence-corrected chi connectivity index (χ3v) is 4.96. The van der Waals surface area contributed by atoms with Crippen LogP contribution >= 0.6 is 0 Å². The highest BCUT2D eigenvalue weighted by Gasteiger charge is 2.36. The summed E-state index contributed by atoms with van der Waals surface area (Å²) in [6.07, 6.45) is 5.99. The molecule has 2 aromatic rings. The largest absolute Gasteiger partial charge is 0.294 e. The molecule has 2 aromatic carbocycles. The molecule has 1 heteroatoms. The SMILES string of the molecule is O=C1c2cc3ccccc3cc2CC2CCCCC12. The molecule has 1 fully saturated rings. The fourth-order valence-corrected chi connectivity index (χ4v) is 3.97. The quantitative estimate of drug-likeness (QED) is 0.678. The Morgan fingerprint density at radius 3 is 2.53 bits per heavy atom. The van der Waals surface area contributed by atoms with E-state index < -0.39 is 0 Å². The van der Waals surface area contributed by atoms with Crippen molar-refractivity contribution in [1.82, 2.24) is 0 Å². The Morgan fingerprint density at radius 2 is 1.68 bits per heavy atom. The number of Topliss-reactive ketones (excluding diaryl/α,β-unsaturated/α-hetero) is 1. The van der Waals surface area contributed by atoms with E-state index in [4.69, 9.17) is 0 Å². The zero-order valence-electron chi connectivity index (χ0n) is 11.1. The predicted molar refractivity (Wildman–Crippen MR) is 77.4 cm³/mol. The van der Waals surface area contributed by atoms with Crippen molar-refractivity contribution in [3.8, 4) is 0 Å². The van der Waals surface area contributed by atoms with Gasteiger partial charge in [-0.15, -0.1) is 0 Å². The van der Waals surface area contributed by atoms with Crippen LogP contribution in [-0.4, -0.2) is 5.78 Å². The van der Waals surface area contributed by atoms with Gasteiger partial charge in [0, 0.05) is 11.5 Å². The fourth-order valence-electron chi connectivity index (χ4n) is 3.97. The lowest BCUT2D eigenvalue weighted by Crippen LogP contribution is -2.33. The Hall–Kier alpha value is -1.63. The summed E-state index contributed by atoms with van der Waals surface area (Å²) in [6.45, 7) is 0. The van der Waals surface area contributed by atoms with E-state index in [0.29, 0.717) is 17.6 Å². The van der Waals surface area contributed by atoms with Crippen molar-refractivity contribution in [3.05, 3.63) is 47.5 Å². The van der Waals surface area contributed by atoms with Crippen LogP contribution in [0, 0.1) is 11.8 Å². The first-order valence-electron chi connectivity index (χ1n) is 7.39. The molecule has 0 aliphatic heterocycles. The normalized spacial score (nSPS) is 26.0. The lowest BCUT2D eigenvalue weighted by molar-refractivity contribution is 0.0801. The first kappa shape index (κ1) is 11.2. The van der Waals surface area contributed by atoms with Crippen molar-refractivity contribution >= 4 is 16.6 Å². The van der Waals surface area contributed by atoms with Gasteiger partial charge in [0.05, 0.1) is 0 Å². The second-order valence-electron chi connectivity index (χ2n) is 6.08. The molecule has 1 nitrogen and oxygen atoms in total. The maximum Gasteiger partial charge on any atom is 0.166 e. The summed E-state index contributed by atoms with van der Waals surface area (Å²) >= 11 is 0. The maximum absolute atomic E-state index is 12.7. The van der Waals surface area contributed by atoms with Gasteiger partial charge in [0.25, 0.3) is 0 Å². The Kier molecular flexibility index (Phi) is 2.48. The van der Waals surface area contributed by atoms with E-state index in [1.807, 2.05) is 6.07 Å². The summed E-state index contributed by atoms with van der Waals surface area (Å²) in [5.41, 5.74) is 2.29. The molecule has 2 unspecified atom stereocenters. The highest BCUT2D eigenvalue weighted by atomic mass is 16.1. The molecule has 0 spiro atoms. The van der Waals surface area contributed by atoms with Crippen LogP contribution in [0.4, 0.5) is 0 Å². The maximum atomic E-state index is 12.7. The van der Waals surface area contributed by atoms with E-state index in [1.54, 1.807) is 0 Å². The molecule has 0 bridgehead atoms. The molecular weight excluding hydrogens is 232 g/mol. The van der Waals surface area contributed by atoms with Gasteiger partial charge in [-0.3, -0.25) is 4.79 Å². The van der Waals surface area contributed by atoms with Crippen LogP contribution in [-0.2, 0) is 6.42 Å². The molecule has 0 saturated heterocycles. The number of fused-ring (bicyclic) bond motifs is 3. The van der Waals surface area contributed by atoms with Crippen molar-refractivity contribution in [2.45, 2.75) is 32.1 Å². The monoisotopic (exact) mass is 250 g/mol. The second-order valence-corrected chi connectivity index (χ2v) is 6.08. The highest BCUT2D eigenvalue weighted by molar-refractivity contribution is 6.04.